The standard InChI is InChI=1S/C27H38N6O2S/c1-26(2,19-34)31-22-18-28-23(24(30-22)32-15-11-27(9-10-27)12-16-32)25(35)29-20-7-6-8-21(17-20)36-33-13-4-3-5-14-33/h6-8,17-18,34H,3-5,9-16,19H2,1-2H3,(H,29,35)(H,30,31). The Kier molecular flexibility index (Phi) is 7.42. The van der Waals surface area contributed by atoms with Gasteiger partial charge in [-0.2, -0.15) is 0 Å². The molecule has 1 amide bonds. The normalized spacial score (nSPS) is 19.8. The van der Waals surface area contributed by atoms with Crippen molar-refractivity contribution < 1.29 is 9.90 Å². The highest BCUT2D eigenvalue weighted by Crippen LogP contribution is 2.54. The quantitative estimate of drug-likeness (QED) is 0.437. The third kappa shape index (κ3) is 6.12. The summed E-state index contributed by atoms with van der Waals surface area (Å²) < 4.78 is 2.40. The number of carbonyl (C=O) groups excluding carboxylic acids is 1. The minimum absolute atomic E-state index is 0.0374. The average molecular weight is 511 g/mol. The average Bonchev–Trinajstić information content (AvgIpc) is 3.63. The lowest BCUT2D eigenvalue weighted by Gasteiger charge is -2.34. The summed E-state index contributed by atoms with van der Waals surface area (Å²) in [5.74, 6) is 0.921. The highest BCUT2D eigenvalue weighted by Gasteiger charge is 2.45. The van der Waals surface area contributed by atoms with Crippen LogP contribution in [0.2, 0.25) is 0 Å². The van der Waals surface area contributed by atoms with Gasteiger partial charge in [-0.05, 0) is 87.9 Å². The molecular weight excluding hydrogens is 472 g/mol. The molecule has 36 heavy (non-hydrogen) atoms. The summed E-state index contributed by atoms with van der Waals surface area (Å²) in [5.41, 5.74) is 1.08. The van der Waals surface area contributed by atoms with Crippen LogP contribution in [-0.4, -0.2) is 63.6 Å². The van der Waals surface area contributed by atoms with E-state index in [1.54, 1.807) is 18.1 Å². The summed E-state index contributed by atoms with van der Waals surface area (Å²) in [5, 5.41) is 16.0. The van der Waals surface area contributed by atoms with Crippen LogP contribution >= 0.6 is 11.9 Å². The van der Waals surface area contributed by atoms with E-state index in [1.165, 1.54) is 32.1 Å². The molecule has 1 aliphatic carbocycles. The summed E-state index contributed by atoms with van der Waals surface area (Å²) in [6, 6.07) is 8.02. The number of benzene rings is 1. The number of hydrogen-bond donors (Lipinski definition) is 3. The lowest BCUT2D eigenvalue weighted by molar-refractivity contribution is 0.102. The molecule has 3 heterocycles. The fourth-order valence-corrected chi connectivity index (χ4v) is 6.06. The Balaban J connectivity index is 1.34. The Morgan fingerprint density at radius 2 is 1.86 bits per heavy atom. The molecular formula is C27H38N6O2S. The molecule has 0 radical (unpaired) electrons. The molecule has 1 aromatic carbocycles. The van der Waals surface area contributed by atoms with Gasteiger partial charge in [0, 0.05) is 36.8 Å². The molecule has 194 valence electrons. The van der Waals surface area contributed by atoms with Gasteiger partial charge in [0.1, 0.15) is 5.82 Å². The number of nitrogens with one attached hydrogen (secondary N) is 2. The molecule has 3 fully saturated rings. The van der Waals surface area contributed by atoms with E-state index < -0.39 is 5.54 Å². The highest BCUT2D eigenvalue weighted by atomic mass is 32.2. The molecule has 0 atom stereocenters. The van der Waals surface area contributed by atoms with E-state index in [4.69, 9.17) is 4.98 Å². The molecule has 1 spiro atoms. The molecule has 0 bridgehead atoms. The van der Waals surface area contributed by atoms with Crippen molar-refractivity contribution in [1.29, 1.82) is 0 Å². The van der Waals surface area contributed by atoms with E-state index in [0.717, 1.165) is 49.6 Å². The number of anilines is 3. The van der Waals surface area contributed by atoms with Gasteiger partial charge in [0.05, 0.1) is 18.3 Å². The zero-order valence-corrected chi connectivity index (χ0v) is 22.2. The van der Waals surface area contributed by atoms with Crippen molar-refractivity contribution in [3.8, 4) is 0 Å². The largest absolute Gasteiger partial charge is 0.394 e. The minimum atomic E-state index is -0.540. The van der Waals surface area contributed by atoms with E-state index in [0.29, 0.717) is 22.7 Å². The Labute approximate surface area is 218 Å². The van der Waals surface area contributed by atoms with Crippen molar-refractivity contribution >= 4 is 35.2 Å². The first-order valence-electron chi connectivity index (χ1n) is 13.2. The maximum absolute atomic E-state index is 13.5. The molecule has 2 aromatic rings. The van der Waals surface area contributed by atoms with Gasteiger partial charge in [-0.3, -0.25) is 4.79 Å². The number of carbonyl (C=O) groups is 1. The second-order valence-corrected chi connectivity index (χ2v) is 12.3. The van der Waals surface area contributed by atoms with Crippen LogP contribution in [0.5, 0.6) is 0 Å². The van der Waals surface area contributed by atoms with E-state index in [9.17, 15) is 9.90 Å². The molecule has 1 saturated carbocycles. The van der Waals surface area contributed by atoms with Crippen LogP contribution in [0.15, 0.2) is 35.4 Å². The molecule has 2 saturated heterocycles. The maximum atomic E-state index is 13.5. The monoisotopic (exact) mass is 510 g/mol. The molecule has 3 aliphatic rings. The number of aliphatic hydroxyl groups is 1. The summed E-state index contributed by atoms with van der Waals surface area (Å²) >= 11 is 1.76. The van der Waals surface area contributed by atoms with Gasteiger partial charge in [-0.15, -0.1) is 0 Å². The minimum Gasteiger partial charge on any atom is -0.394 e. The van der Waals surface area contributed by atoms with Crippen molar-refractivity contribution in [2.45, 2.75) is 69.2 Å². The number of hydrogen-bond acceptors (Lipinski definition) is 8. The fraction of sp³-hybridized carbons (Fsp3) is 0.593. The number of amides is 1. The Morgan fingerprint density at radius 3 is 2.56 bits per heavy atom. The molecule has 0 unspecified atom stereocenters. The van der Waals surface area contributed by atoms with Crippen LogP contribution in [0, 0.1) is 5.41 Å². The zero-order valence-electron chi connectivity index (χ0n) is 21.4. The Morgan fingerprint density at radius 1 is 1.11 bits per heavy atom. The Bertz CT molecular complexity index is 1070. The second kappa shape index (κ2) is 10.6. The first-order valence-corrected chi connectivity index (χ1v) is 14.0. The molecule has 8 nitrogen and oxygen atoms in total. The van der Waals surface area contributed by atoms with Crippen molar-refractivity contribution in [3.05, 3.63) is 36.2 Å². The van der Waals surface area contributed by atoms with Crippen LogP contribution in [0.25, 0.3) is 0 Å². The predicted molar refractivity (Wildman–Crippen MR) is 146 cm³/mol. The van der Waals surface area contributed by atoms with Crippen molar-refractivity contribution in [1.82, 2.24) is 14.3 Å². The van der Waals surface area contributed by atoms with E-state index in [-0.39, 0.29) is 12.5 Å². The number of piperidine rings is 2. The van der Waals surface area contributed by atoms with Crippen LogP contribution < -0.4 is 15.5 Å². The molecule has 3 N–H and O–H groups in total. The van der Waals surface area contributed by atoms with Crippen molar-refractivity contribution in [3.63, 3.8) is 0 Å². The number of aromatic nitrogens is 2. The topological polar surface area (TPSA) is 93.6 Å². The SMILES string of the molecule is CC(C)(CO)Nc1cnc(C(=O)Nc2cccc(SN3CCCCC3)c2)c(N2CCC3(CC2)CC3)n1. The van der Waals surface area contributed by atoms with Gasteiger partial charge in [-0.25, -0.2) is 14.3 Å². The van der Waals surface area contributed by atoms with Gasteiger partial charge in [0.25, 0.3) is 5.91 Å². The van der Waals surface area contributed by atoms with Crippen molar-refractivity contribution in [2.75, 3.05) is 48.3 Å². The predicted octanol–water partition coefficient (Wildman–Crippen LogP) is 4.79. The smallest absolute Gasteiger partial charge is 0.278 e. The van der Waals surface area contributed by atoms with Crippen molar-refractivity contribution in [2.24, 2.45) is 5.41 Å². The summed E-state index contributed by atoms with van der Waals surface area (Å²) in [6.07, 6.45) is 10.3. The zero-order chi connectivity index (χ0) is 25.2. The molecule has 9 heteroatoms. The summed E-state index contributed by atoms with van der Waals surface area (Å²) in [7, 11) is 0. The van der Waals surface area contributed by atoms with Crippen LogP contribution in [-0.2, 0) is 0 Å². The van der Waals surface area contributed by atoms with Gasteiger partial charge in [0.2, 0.25) is 0 Å². The maximum Gasteiger partial charge on any atom is 0.278 e. The summed E-state index contributed by atoms with van der Waals surface area (Å²) in [4.78, 5) is 26.2. The first kappa shape index (κ1) is 25.3. The number of aliphatic hydroxyl groups excluding tert-OH is 1. The molecule has 2 aliphatic heterocycles. The fourth-order valence-electron chi connectivity index (χ4n) is 5.00. The number of nitrogens with zero attached hydrogens (tertiary/aromatic N) is 4. The Hall–Kier alpha value is -2.36. The van der Waals surface area contributed by atoms with E-state index in [2.05, 4.69) is 30.9 Å². The highest BCUT2D eigenvalue weighted by molar-refractivity contribution is 7.97. The third-order valence-electron chi connectivity index (χ3n) is 7.55. The first-order chi connectivity index (χ1) is 17.3. The van der Waals surface area contributed by atoms with Crippen LogP contribution in [0.3, 0.4) is 0 Å². The van der Waals surface area contributed by atoms with Gasteiger partial charge in [-0.1, -0.05) is 12.5 Å². The lowest BCUT2D eigenvalue weighted by Crippen LogP contribution is -2.38. The van der Waals surface area contributed by atoms with E-state index in [1.807, 2.05) is 32.0 Å². The van der Waals surface area contributed by atoms with Gasteiger partial charge in [0.15, 0.2) is 11.5 Å². The second-order valence-electron chi connectivity index (χ2n) is 11.1. The van der Waals surface area contributed by atoms with E-state index >= 15 is 0 Å². The third-order valence-corrected chi connectivity index (χ3v) is 8.64. The number of rotatable bonds is 8. The van der Waals surface area contributed by atoms with Gasteiger partial charge >= 0.3 is 0 Å². The van der Waals surface area contributed by atoms with Crippen LogP contribution in [0.1, 0.15) is 69.3 Å². The summed E-state index contributed by atoms with van der Waals surface area (Å²) in [6.45, 7) is 7.73. The van der Waals surface area contributed by atoms with Crippen LogP contribution in [0.4, 0.5) is 17.3 Å². The lowest BCUT2D eigenvalue weighted by atomic mass is 9.93. The molecule has 5 rings (SSSR count). The molecule has 1 aromatic heterocycles. The van der Waals surface area contributed by atoms with Gasteiger partial charge < -0.3 is 20.6 Å².